The number of H-pyrrole nitrogens is 1. The van der Waals surface area contributed by atoms with Crippen molar-refractivity contribution in [2.75, 3.05) is 12.4 Å². The van der Waals surface area contributed by atoms with E-state index in [-0.39, 0.29) is 5.91 Å². The Morgan fingerprint density at radius 3 is 2.70 bits per heavy atom. The van der Waals surface area contributed by atoms with Crippen LogP contribution in [0.1, 0.15) is 11.7 Å². The van der Waals surface area contributed by atoms with Gasteiger partial charge in [-0.05, 0) is 0 Å². The van der Waals surface area contributed by atoms with E-state index in [0.717, 1.165) is 16.6 Å². The maximum atomic E-state index is 12.8. The van der Waals surface area contributed by atoms with Crippen LogP contribution >= 0.6 is 0 Å². The Labute approximate surface area is 154 Å². The number of aromatic amines is 1. The first-order valence-corrected chi connectivity index (χ1v) is 8.37. The number of aromatic nitrogens is 6. The van der Waals surface area contributed by atoms with Gasteiger partial charge in [0.1, 0.15) is 11.5 Å². The summed E-state index contributed by atoms with van der Waals surface area (Å²) in [6.45, 7) is 0. The summed E-state index contributed by atoms with van der Waals surface area (Å²) in [5.41, 5.74) is 3.00. The van der Waals surface area contributed by atoms with Gasteiger partial charge in [-0.1, -0.05) is 30.3 Å². The number of carbonyl (C=O) groups excluding carboxylic acids is 1. The molecule has 0 aliphatic rings. The summed E-state index contributed by atoms with van der Waals surface area (Å²) >= 11 is 0. The van der Waals surface area contributed by atoms with E-state index in [1.807, 2.05) is 37.4 Å². The van der Waals surface area contributed by atoms with Crippen LogP contribution in [0.5, 0.6) is 0 Å². The number of hydrogen-bond acceptors (Lipinski definition) is 5. The van der Waals surface area contributed by atoms with Gasteiger partial charge in [-0.15, -0.1) is 0 Å². The normalized spacial score (nSPS) is 12.4. The van der Waals surface area contributed by atoms with Crippen LogP contribution < -0.4 is 5.32 Å². The third-order valence-electron chi connectivity index (χ3n) is 4.34. The van der Waals surface area contributed by atoms with Gasteiger partial charge in [0.2, 0.25) is 0 Å². The lowest BCUT2D eigenvalue weighted by molar-refractivity contribution is -0.126. The second-order valence-corrected chi connectivity index (χ2v) is 6.19. The molecule has 3 aromatic heterocycles. The molecular weight excluding hydrogens is 346 g/mol. The molecule has 1 unspecified atom stereocenters. The third kappa shape index (κ3) is 2.97. The number of amides is 1. The first kappa shape index (κ1) is 17.0. The maximum Gasteiger partial charge on any atom is 0.259 e. The lowest BCUT2D eigenvalue weighted by Crippen LogP contribution is -2.22. The quantitative estimate of drug-likeness (QED) is 0.563. The molecule has 9 heteroatoms. The van der Waals surface area contributed by atoms with Gasteiger partial charge in [-0.2, -0.15) is 15.3 Å². The Morgan fingerprint density at radius 2 is 2.04 bits per heavy atom. The summed E-state index contributed by atoms with van der Waals surface area (Å²) in [5.74, 6) is 0.159. The second kappa shape index (κ2) is 6.69. The molecule has 1 atom stereocenters. The Bertz CT molecular complexity index is 1090. The molecule has 27 heavy (non-hydrogen) atoms. The molecule has 0 bridgehead atoms. The molecular formula is C18H19N7O2. The lowest BCUT2D eigenvalue weighted by Gasteiger charge is -2.13. The largest absolute Gasteiger partial charge is 0.367 e. The average molecular weight is 365 g/mol. The minimum absolute atomic E-state index is 0.320. The standard InChI is InChI=1S/C18H19N7O2/c1-24-10-12(9-19-24)15(27-3)18(26)20-16-13-14(11-7-5-4-6-8-11)23-25(2)17(13)22-21-16/h4-10,15H,1-3H3,(H2,20,21,22,26). The van der Waals surface area contributed by atoms with Crippen molar-refractivity contribution in [2.45, 2.75) is 6.10 Å². The van der Waals surface area contributed by atoms with Crippen LogP contribution in [0.25, 0.3) is 22.3 Å². The number of aryl methyl sites for hydroxylation is 2. The fraction of sp³-hybridized carbons (Fsp3) is 0.222. The smallest absolute Gasteiger partial charge is 0.259 e. The number of benzene rings is 1. The van der Waals surface area contributed by atoms with Crippen molar-refractivity contribution < 1.29 is 9.53 Å². The number of nitrogens with one attached hydrogen (secondary N) is 2. The Hall–Kier alpha value is -3.46. The lowest BCUT2D eigenvalue weighted by atomic mass is 10.1. The highest BCUT2D eigenvalue weighted by Crippen LogP contribution is 2.32. The van der Waals surface area contributed by atoms with Crippen LogP contribution in [0.4, 0.5) is 5.82 Å². The zero-order valence-electron chi connectivity index (χ0n) is 15.2. The van der Waals surface area contributed by atoms with Crippen LogP contribution in [-0.2, 0) is 23.6 Å². The number of methoxy groups -OCH3 is 1. The minimum atomic E-state index is -0.783. The van der Waals surface area contributed by atoms with Crippen molar-refractivity contribution in [1.29, 1.82) is 0 Å². The fourth-order valence-electron chi connectivity index (χ4n) is 3.09. The third-order valence-corrected chi connectivity index (χ3v) is 4.34. The first-order valence-electron chi connectivity index (χ1n) is 8.37. The van der Waals surface area contributed by atoms with E-state index in [1.165, 1.54) is 7.11 Å². The van der Waals surface area contributed by atoms with Gasteiger partial charge < -0.3 is 10.1 Å². The highest BCUT2D eigenvalue weighted by molar-refractivity contribution is 6.06. The number of ether oxygens (including phenoxy) is 1. The van der Waals surface area contributed by atoms with E-state index >= 15 is 0 Å². The van der Waals surface area contributed by atoms with Gasteiger partial charge in [0.15, 0.2) is 11.8 Å². The molecule has 0 fully saturated rings. The molecule has 4 rings (SSSR count). The van der Waals surface area contributed by atoms with Gasteiger partial charge in [0.05, 0.1) is 11.6 Å². The molecule has 2 N–H and O–H groups in total. The van der Waals surface area contributed by atoms with Gasteiger partial charge in [0, 0.05) is 38.5 Å². The molecule has 0 aliphatic heterocycles. The van der Waals surface area contributed by atoms with Crippen molar-refractivity contribution in [2.24, 2.45) is 14.1 Å². The molecule has 9 nitrogen and oxygen atoms in total. The zero-order valence-corrected chi connectivity index (χ0v) is 15.2. The number of rotatable bonds is 5. The van der Waals surface area contributed by atoms with Crippen LogP contribution in [0.15, 0.2) is 42.7 Å². The summed E-state index contributed by atoms with van der Waals surface area (Å²) in [7, 11) is 5.09. The zero-order chi connectivity index (χ0) is 19.0. The fourth-order valence-corrected chi connectivity index (χ4v) is 3.09. The van der Waals surface area contributed by atoms with Crippen molar-refractivity contribution in [1.82, 2.24) is 29.8 Å². The molecule has 138 valence electrons. The van der Waals surface area contributed by atoms with Crippen molar-refractivity contribution in [3.05, 3.63) is 48.3 Å². The number of carbonyl (C=O) groups is 1. The van der Waals surface area contributed by atoms with E-state index in [2.05, 4.69) is 25.7 Å². The van der Waals surface area contributed by atoms with Crippen molar-refractivity contribution >= 4 is 22.8 Å². The Kier molecular flexibility index (Phi) is 4.21. The number of hydrogen-bond donors (Lipinski definition) is 2. The highest BCUT2D eigenvalue weighted by atomic mass is 16.5. The molecule has 0 saturated carbocycles. The minimum Gasteiger partial charge on any atom is -0.367 e. The number of fused-ring (bicyclic) bond motifs is 1. The summed E-state index contributed by atoms with van der Waals surface area (Å²) in [6, 6.07) is 9.76. The van der Waals surface area contributed by atoms with Gasteiger partial charge >= 0.3 is 0 Å². The molecule has 1 aromatic carbocycles. The van der Waals surface area contributed by atoms with Crippen LogP contribution in [0.3, 0.4) is 0 Å². The summed E-state index contributed by atoms with van der Waals surface area (Å²) in [5, 5.41) is 19.4. The molecule has 1 amide bonds. The van der Waals surface area contributed by atoms with Crippen molar-refractivity contribution in [3.63, 3.8) is 0 Å². The highest BCUT2D eigenvalue weighted by Gasteiger charge is 2.25. The SMILES string of the molecule is COC(C(=O)Nc1[nH]nc2c1c(-c1ccccc1)nn2C)c1cnn(C)c1. The van der Waals surface area contributed by atoms with Gasteiger partial charge in [0.25, 0.3) is 5.91 Å². The maximum absolute atomic E-state index is 12.8. The summed E-state index contributed by atoms with van der Waals surface area (Å²) in [6.07, 6.45) is 2.57. The molecule has 0 aliphatic carbocycles. The van der Waals surface area contributed by atoms with E-state index < -0.39 is 6.10 Å². The van der Waals surface area contributed by atoms with Crippen LogP contribution in [0.2, 0.25) is 0 Å². The van der Waals surface area contributed by atoms with Gasteiger partial charge in [-0.25, -0.2) is 4.68 Å². The molecule has 3 heterocycles. The van der Waals surface area contributed by atoms with E-state index in [1.54, 1.807) is 28.8 Å². The van der Waals surface area contributed by atoms with Crippen LogP contribution in [0, 0.1) is 0 Å². The van der Waals surface area contributed by atoms with E-state index in [0.29, 0.717) is 17.0 Å². The second-order valence-electron chi connectivity index (χ2n) is 6.19. The topological polar surface area (TPSA) is 103 Å². The number of nitrogens with zero attached hydrogens (tertiary/aromatic N) is 5. The predicted octanol–water partition coefficient (Wildman–Crippen LogP) is 2.02. The first-order chi connectivity index (χ1) is 13.1. The Morgan fingerprint density at radius 1 is 1.26 bits per heavy atom. The molecule has 0 saturated heterocycles. The van der Waals surface area contributed by atoms with Crippen LogP contribution in [-0.4, -0.2) is 42.8 Å². The average Bonchev–Trinajstić information content (AvgIpc) is 3.35. The van der Waals surface area contributed by atoms with E-state index in [4.69, 9.17) is 4.74 Å². The number of anilines is 1. The Balaban J connectivity index is 1.71. The molecule has 0 spiro atoms. The summed E-state index contributed by atoms with van der Waals surface area (Å²) < 4.78 is 8.67. The summed E-state index contributed by atoms with van der Waals surface area (Å²) in [4.78, 5) is 12.8. The van der Waals surface area contributed by atoms with E-state index in [9.17, 15) is 4.79 Å². The molecule has 0 radical (unpaired) electrons. The predicted molar refractivity (Wildman–Crippen MR) is 99.9 cm³/mol. The van der Waals surface area contributed by atoms with Crippen molar-refractivity contribution in [3.8, 4) is 11.3 Å². The molecule has 4 aromatic rings. The monoisotopic (exact) mass is 365 g/mol. The van der Waals surface area contributed by atoms with Gasteiger partial charge in [-0.3, -0.25) is 14.6 Å².